The van der Waals surface area contributed by atoms with Crippen molar-refractivity contribution in [3.63, 3.8) is 0 Å². The van der Waals surface area contributed by atoms with Crippen LogP contribution in [0.2, 0.25) is 0 Å². The summed E-state index contributed by atoms with van der Waals surface area (Å²) in [6.07, 6.45) is 0.254. The fraction of sp³-hybridized carbons (Fsp3) is 0.211. The predicted molar refractivity (Wildman–Crippen MR) is 109 cm³/mol. The van der Waals surface area contributed by atoms with Crippen LogP contribution in [0.15, 0.2) is 45.6 Å². The number of nitrogens with zero attached hydrogens (tertiary/aromatic N) is 6. The molecule has 32 heavy (non-hydrogen) atoms. The summed E-state index contributed by atoms with van der Waals surface area (Å²) in [7, 11) is 0. The third-order valence-corrected chi connectivity index (χ3v) is 4.74. The van der Waals surface area contributed by atoms with Gasteiger partial charge in [0, 0.05) is 19.0 Å². The Morgan fingerprint density at radius 2 is 2.09 bits per heavy atom. The van der Waals surface area contributed by atoms with Gasteiger partial charge in [-0.05, 0) is 48.0 Å². The number of anilines is 1. The number of hydrogen-bond acceptors (Lipinski definition) is 8. The largest absolute Gasteiger partial charge is 0.419 e. The van der Waals surface area contributed by atoms with Gasteiger partial charge in [0.25, 0.3) is 5.69 Å². The van der Waals surface area contributed by atoms with Crippen LogP contribution >= 0.6 is 0 Å². The van der Waals surface area contributed by atoms with Crippen molar-refractivity contribution in [2.45, 2.75) is 26.3 Å². The highest BCUT2D eigenvalue weighted by Gasteiger charge is 2.15. The molecule has 12 nitrogen and oxygen atoms in total. The monoisotopic (exact) mass is 441 g/mol. The van der Waals surface area contributed by atoms with Gasteiger partial charge < -0.3 is 9.73 Å². The number of tetrazole rings is 1. The Hall–Kier alpha value is -4.42. The maximum absolute atomic E-state index is 14.2. The van der Waals surface area contributed by atoms with E-state index in [1.54, 1.807) is 6.92 Å². The molecular weight excluding hydrogens is 425 g/mol. The molecule has 2 aromatic heterocycles. The van der Waals surface area contributed by atoms with Crippen LogP contribution in [0.5, 0.6) is 0 Å². The highest BCUT2D eigenvalue weighted by molar-refractivity contribution is 5.91. The first kappa shape index (κ1) is 20.8. The van der Waals surface area contributed by atoms with E-state index in [9.17, 15) is 24.1 Å². The van der Waals surface area contributed by atoms with E-state index in [1.165, 1.54) is 45.6 Å². The normalized spacial score (nSPS) is 11.1. The fourth-order valence-electron chi connectivity index (χ4n) is 3.20. The minimum Gasteiger partial charge on any atom is -0.407 e. The zero-order valence-corrected chi connectivity index (χ0v) is 16.7. The van der Waals surface area contributed by atoms with E-state index in [-0.39, 0.29) is 36.3 Å². The number of aryl methyl sites for hydroxylation is 2. The number of benzene rings is 2. The average molecular weight is 441 g/mol. The van der Waals surface area contributed by atoms with Crippen molar-refractivity contribution in [3.8, 4) is 5.69 Å². The molecule has 0 atom stereocenters. The van der Waals surface area contributed by atoms with Crippen molar-refractivity contribution in [2.24, 2.45) is 0 Å². The topological polar surface area (TPSA) is 151 Å². The number of rotatable bonds is 7. The molecule has 0 aliphatic rings. The molecule has 4 rings (SSSR count). The first-order chi connectivity index (χ1) is 15.3. The number of carbonyl (C=O) groups is 1. The Bertz CT molecular complexity index is 1390. The number of nitrogens with one attached hydrogen (secondary N) is 1. The summed E-state index contributed by atoms with van der Waals surface area (Å²) in [4.78, 5) is 34.7. The summed E-state index contributed by atoms with van der Waals surface area (Å²) in [6.45, 7) is 1.82. The van der Waals surface area contributed by atoms with Gasteiger partial charge in [0.1, 0.15) is 5.82 Å². The first-order valence-electron chi connectivity index (χ1n) is 9.46. The maximum Gasteiger partial charge on any atom is 0.419 e. The number of non-ortho nitro benzene ring substituents is 1. The molecule has 13 heteroatoms. The molecule has 0 unspecified atom stereocenters. The molecule has 0 radical (unpaired) electrons. The zero-order chi connectivity index (χ0) is 22.8. The lowest BCUT2D eigenvalue weighted by Gasteiger charge is -2.09. The smallest absolute Gasteiger partial charge is 0.407 e. The Morgan fingerprint density at radius 3 is 2.81 bits per heavy atom. The van der Waals surface area contributed by atoms with Gasteiger partial charge in [0.05, 0.1) is 27.9 Å². The highest BCUT2D eigenvalue weighted by Crippen LogP contribution is 2.21. The number of carbonyl (C=O) groups excluding carboxylic acids is 1. The van der Waals surface area contributed by atoms with Crippen LogP contribution in [0, 0.1) is 22.9 Å². The lowest BCUT2D eigenvalue weighted by Crippen LogP contribution is -2.17. The van der Waals surface area contributed by atoms with Gasteiger partial charge in [-0.2, -0.15) is 4.68 Å². The van der Waals surface area contributed by atoms with Crippen molar-refractivity contribution < 1.29 is 18.5 Å². The summed E-state index contributed by atoms with van der Waals surface area (Å²) in [6, 6.07) is 7.94. The molecule has 0 aliphatic heterocycles. The lowest BCUT2D eigenvalue weighted by molar-refractivity contribution is -0.384. The van der Waals surface area contributed by atoms with E-state index in [2.05, 4.69) is 20.8 Å². The Balaban J connectivity index is 1.42. The lowest BCUT2D eigenvalue weighted by atomic mass is 10.2. The second-order valence-electron chi connectivity index (χ2n) is 6.88. The van der Waals surface area contributed by atoms with Gasteiger partial charge in [0.15, 0.2) is 11.4 Å². The van der Waals surface area contributed by atoms with Crippen molar-refractivity contribution in [2.75, 3.05) is 5.32 Å². The van der Waals surface area contributed by atoms with Crippen LogP contribution in [0.4, 0.5) is 15.8 Å². The molecule has 0 spiro atoms. The number of amides is 1. The van der Waals surface area contributed by atoms with Crippen LogP contribution in [-0.2, 0) is 11.3 Å². The molecule has 2 heterocycles. The minimum atomic E-state index is -0.684. The number of aromatic nitrogens is 5. The molecular formula is C19H16FN7O5. The first-order valence-corrected chi connectivity index (χ1v) is 9.46. The Labute approximate surface area is 178 Å². The number of oxazole rings is 1. The molecule has 4 aromatic rings. The van der Waals surface area contributed by atoms with E-state index in [0.29, 0.717) is 17.0 Å². The molecule has 1 N–H and O–H groups in total. The molecule has 164 valence electrons. The van der Waals surface area contributed by atoms with E-state index in [1.807, 2.05) is 0 Å². The fourth-order valence-corrected chi connectivity index (χ4v) is 3.20. The third kappa shape index (κ3) is 4.08. The van der Waals surface area contributed by atoms with Crippen LogP contribution in [0.1, 0.15) is 18.7 Å². The number of nitro groups is 1. The number of hydrogen-bond donors (Lipinski definition) is 1. The SMILES string of the molecule is Cc1nnnn1-c1ccc(F)c(NC(=O)CCCn2c(=O)oc3cc([N+](=O)[O-])ccc32)c1. The van der Waals surface area contributed by atoms with Gasteiger partial charge in [-0.1, -0.05) is 0 Å². The van der Waals surface area contributed by atoms with E-state index < -0.39 is 22.4 Å². The molecule has 0 saturated heterocycles. The Kier molecular flexibility index (Phi) is 5.45. The van der Waals surface area contributed by atoms with Crippen molar-refractivity contribution in [1.82, 2.24) is 24.8 Å². The molecule has 2 aromatic carbocycles. The van der Waals surface area contributed by atoms with Gasteiger partial charge in [-0.25, -0.2) is 9.18 Å². The second kappa shape index (κ2) is 8.37. The molecule has 1 amide bonds. The van der Waals surface area contributed by atoms with Gasteiger partial charge in [-0.3, -0.25) is 19.5 Å². The molecule has 0 bridgehead atoms. The van der Waals surface area contributed by atoms with Crippen LogP contribution < -0.4 is 11.1 Å². The number of halogens is 1. The van der Waals surface area contributed by atoms with Crippen LogP contribution in [-0.4, -0.2) is 35.6 Å². The standard InChI is InChI=1S/C19H16FN7O5/c1-11-22-23-24-26(11)12-4-6-14(20)15(9-12)21-18(28)3-2-8-25-16-7-5-13(27(30)31)10-17(16)32-19(25)29/h4-7,9-10H,2-3,8H2,1H3,(H,21,28). The van der Waals surface area contributed by atoms with Gasteiger partial charge in [0.2, 0.25) is 5.91 Å². The second-order valence-corrected chi connectivity index (χ2v) is 6.88. The van der Waals surface area contributed by atoms with Gasteiger partial charge in [-0.15, -0.1) is 5.10 Å². The summed E-state index contributed by atoms with van der Waals surface area (Å²) in [5, 5.41) is 24.5. The van der Waals surface area contributed by atoms with E-state index in [0.717, 1.165) is 0 Å². The number of fused-ring (bicyclic) bond motifs is 1. The van der Waals surface area contributed by atoms with E-state index >= 15 is 0 Å². The molecule has 0 saturated carbocycles. The zero-order valence-electron chi connectivity index (χ0n) is 16.7. The van der Waals surface area contributed by atoms with Gasteiger partial charge >= 0.3 is 5.76 Å². The summed E-state index contributed by atoms with van der Waals surface area (Å²) >= 11 is 0. The van der Waals surface area contributed by atoms with Crippen molar-refractivity contribution in [1.29, 1.82) is 0 Å². The predicted octanol–water partition coefficient (Wildman–Crippen LogP) is 2.34. The van der Waals surface area contributed by atoms with E-state index in [4.69, 9.17) is 4.42 Å². The molecule has 0 fully saturated rings. The van der Waals surface area contributed by atoms with Crippen molar-refractivity contribution in [3.05, 3.63) is 68.7 Å². The minimum absolute atomic E-state index is 0.000326. The third-order valence-electron chi connectivity index (χ3n) is 4.74. The van der Waals surface area contributed by atoms with Crippen molar-refractivity contribution >= 4 is 28.4 Å². The number of nitro benzene ring substituents is 1. The summed E-state index contributed by atoms with van der Waals surface area (Å²) < 4.78 is 21.9. The van der Waals surface area contributed by atoms with Crippen LogP contribution in [0.25, 0.3) is 16.8 Å². The summed E-state index contributed by atoms with van der Waals surface area (Å²) in [5.41, 5.74) is 0.733. The quantitative estimate of drug-likeness (QED) is 0.339. The Morgan fingerprint density at radius 1 is 1.28 bits per heavy atom. The van der Waals surface area contributed by atoms with Crippen LogP contribution in [0.3, 0.4) is 0 Å². The summed E-state index contributed by atoms with van der Waals surface area (Å²) in [5.74, 6) is -1.26. The highest BCUT2D eigenvalue weighted by atomic mass is 19.1. The average Bonchev–Trinajstić information content (AvgIpc) is 3.32. The molecule has 0 aliphatic carbocycles. The maximum atomic E-state index is 14.2.